The molecule has 3 rings (SSSR count). The first-order valence-electron chi connectivity index (χ1n) is 6.51. The first kappa shape index (κ1) is 12.6. The van der Waals surface area contributed by atoms with Crippen molar-refractivity contribution in [1.82, 2.24) is 0 Å². The maximum Gasteiger partial charge on any atom is 0.203 e. The van der Waals surface area contributed by atoms with Gasteiger partial charge in [0.2, 0.25) is 9.84 Å². The zero-order valence-corrected chi connectivity index (χ0v) is 11.6. The molecule has 0 heterocycles. The minimum atomic E-state index is -3.39. The maximum absolute atomic E-state index is 12.7. The van der Waals surface area contributed by atoms with Crippen LogP contribution < -0.4 is 0 Å². The summed E-state index contributed by atoms with van der Waals surface area (Å²) in [4.78, 5) is 11.9. The zero-order chi connectivity index (χ0) is 13.6. The normalized spacial score (nSPS) is 29.8. The summed E-state index contributed by atoms with van der Waals surface area (Å²) in [7, 11) is -3.39. The van der Waals surface area contributed by atoms with Crippen molar-refractivity contribution < 1.29 is 13.2 Å². The number of fused-ring (bicyclic) bond motifs is 2. The molecule has 3 atom stereocenters. The van der Waals surface area contributed by atoms with Gasteiger partial charge in [0.05, 0.1) is 9.80 Å². The highest BCUT2D eigenvalue weighted by Crippen LogP contribution is 2.53. The van der Waals surface area contributed by atoms with Gasteiger partial charge in [0.25, 0.3) is 0 Å². The molecule has 1 saturated carbocycles. The van der Waals surface area contributed by atoms with E-state index in [0.29, 0.717) is 16.2 Å². The molecule has 19 heavy (non-hydrogen) atoms. The number of hydrogen-bond donors (Lipinski definition) is 0. The SMILES string of the molecule is CC1=C(S(=O)(=O)c2ccccc2)[C@@H]2C[C@@H](C=O)[C@H]1C2. The third-order valence-corrected chi connectivity index (χ3v) is 6.57. The molecule has 2 aliphatic rings. The van der Waals surface area contributed by atoms with Gasteiger partial charge < -0.3 is 4.79 Å². The Morgan fingerprint density at radius 1 is 1.16 bits per heavy atom. The standard InChI is InChI=1S/C15H16O3S/c1-10-14-8-11(7-12(14)9-16)15(10)19(17,18)13-5-3-2-4-6-13/h2-6,9,11-12,14H,7-8H2,1H3/t11-,12+,14+/m1/s1. The average molecular weight is 276 g/mol. The van der Waals surface area contributed by atoms with E-state index in [-0.39, 0.29) is 17.8 Å². The van der Waals surface area contributed by atoms with Gasteiger partial charge in [-0.05, 0) is 43.7 Å². The molecule has 0 unspecified atom stereocenters. The summed E-state index contributed by atoms with van der Waals surface area (Å²) in [5.74, 6) is 0.182. The van der Waals surface area contributed by atoms with Crippen LogP contribution in [0.15, 0.2) is 45.7 Å². The van der Waals surface area contributed by atoms with Crippen LogP contribution in [0.1, 0.15) is 19.8 Å². The van der Waals surface area contributed by atoms with Gasteiger partial charge in [-0.1, -0.05) is 23.8 Å². The summed E-state index contributed by atoms with van der Waals surface area (Å²) in [6.07, 6.45) is 2.49. The second-order valence-corrected chi connectivity index (χ2v) is 7.36. The molecule has 0 saturated heterocycles. The Labute approximate surface area is 113 Å². The minimum absolute atomic E-state index is 0.0136. The monoisotopic (exact) mass is 276 g/mol. The Hall–Kier alpha value is -1.42. The number of carbonyl (C=O) groups excluding carboxylic acids is 1. The highest BCUT2D eigenvalue weighted by atomic mass is 32.2. The number of allylic oxidation sites excluding steroid dienone is 2. The lowest BCUT2D eigenvalue weighted by atomic mass is 9.89. The number of aldehydes is 1. The molecule has 0 amide bonds. The number of sulfone groups is 1. The lowest BCUT2D eigenvalue weighted by Gasteiger charge is -2.21. The smallest absolute Gasteiger partial charge is 0.203 e. The molecule has 100 valence electrons. The Morgan fingerprint density at radius 3 is 2.42 bits per heavy atom. The molecular weight excluding hydrogens is 260 g/mol. The first-order chi connectivity index (χ1) is 9.05. The Morgan fingerprint density at radius 2 is 1.84 bits per heavy atom. The van der Waals surface area contributed by atoms with Crippen molar-refractivity contribution in [2.75, 3.05) is 0 Å². The summed E-state index contributed by atoms with van der Waals surface area (Å²) < 4.78 is 25.4. The Kier molecular flexibility index (Phi) is 2.86. The van der Waals surface area contributed by atoms with E-state index in [1.54, 1.807) is 24.3 Å². The van der Waals surface area contributed by atoms with E-state index in [4.69, 9.17) is 0 Å². The van der Waals surface area contributed by atoms with Gasteiger partial charge in [-0.25, -0.2) is 8.42 Å². The summed E-state index contributed by atoms with van der Waals surface area (Å²) in [6.45, 7) is 1.87. The third kappa shape index (κ3) is 1.77. The van der Waals surface area contributed by atoms with Crippen molar-refractivity contribution >= 4 is 16.1 Å². The average Bonchev–Trinajstić information content (AvgIpc) is 2.96. The molecule has 1 aromatic carbocycles. The minimum Gasteiger partial charge on any atom is -0.303 e. The number of rotatable bonds is 3. The Bertz CT molecular complexity index is 643. The lowest BCUT2D eigenvalue weighted by molar-refractivity contribution is -0.111. The van der Waals surface area contributed by atoms with Crippen molar-refractivity contribution in [3.63, 3.8) is 0 Å². The second kappa shape index (κ2) is 4.30. The van der Waals surface area contributed by atoms with Crippen LogP contribution in [0.3, 0.4) is 0 Å². The quantitative estimate of drug-likeness (QED) is 0.797. The van der Waals surface area contributed by atoms with Crippen LogP contribution in [0.25, 0.3) is 0 Å². The summed E-state index contributed by atoms with van der Waals surface area (Å²) in [5, 5.41) is 0. The van der Waals surface area contributed by atoms with Gasteiger partial charge in [-0.3, -0.25) is 0 Å². The first-order valence-corrected chi connectivity index (χ1v) is 8.00. The third-order valence-electron chi connectivity index (χ3n) is 4.45. The highest BCUT2D eigenvalue weighted by Gasteiger charge is 2.48. The molecule has 2 aliphatic carbocycles. The molecule has 0 aromatic heterocycles. The predicted molar refractivity (Wildman–Crippen MR) is 72.1 cm³/mol. The van der Waals surface area contributed by atoms with Crippen molar-refractivity contribution in [2.24, 2.45) is 17.8 Å². The predicted octanol–water partition coefficient (Wildman–Crippen LogP) is 2.59. The van der Waals surface area contributed by atoms with E-state index >= 15 is 0 Å². The van der Waals surface area contributed by atoms with Gasteiger partial charge in [0.15, 0.2) is 0 Å². The van der Waals surface area contributed by atoms with E-state index in [0.717, 1.165) is 18.3 Å². The van der Waals surface area contributed by atoms with E-state index in [2.05, 4.69) is 0 Å². The van der Waals surface area contributed by atoms with Crippen molar-refractivity contribution in [3.8, 4) is 0 Å². The van der Waals surface area contributed by atoms with Crippen molar-refractivity contribution in [1.29, 1.82) is 0 Å². The van der Waals surface area contributed by atoms with Gasteiger partial charge >= 0.3 is 0 Å². The van der Waals surface area contributed by atoms with Gasteiger partial charge in [0, 0.05) is 5.92 Å². The molecule has 3 nitrogen and oxygen atoms in total. The summed E-state index contributed by atoms with van der Waals surface area (Å²) >= 11 is 0. The summed E-state index contributed by atoms with van der Waals surface area (Å²) in [6, 6.07) is 8.57. The molecule has 0 radical (unpaired) electrons. The van der Waals surface area contributed by atoms with Crippen LogP contribution in [-0.4, -0.2) is 14.7 Å². The summed E-state index contributed by atoms with van der Waals surface area (Å²) in [5.41, 5.74) is 0.900. The maximum atomic E-state index is 12.7. The molecule has 4 heteroatoms. The van der Waals surface area contributed by atoms with E-state index in [1.165, 1.54) is 0 Å². The molecule has 0 N–H and O–H groups in total. The fraction of sp³-hybridized carbons (Fsp3) is 0.400. The van der Waals surface area contributed by atoms with Crippen molar-refractivity contribution in [2.45, 2.75) is 24.7 Å². The van der Waals surface area contributed by atoms with Crippen LogP contribution in [0.4, 0.5) is 0 Å². The van der Waals surface area contributed by atoms with E-state index < -0.39 is 9.84 Å². The zero-order valence-electron chi connectivity index (χ0n) is 10.7. The number of carbonyl (C=O) groups is 1. The van der Waals surface area contributed by atoms with E-state index in [1.807, 2.05) is 13.0 Å². The van der Waals surface area contributed by atoms with Gasteiger partial charge in [-0.15, -0.1) is 0 Å². The van der Waals surface area contributed by atoms with Crippen LogP contribution in [0.5, 0.6) is 0 Å². The number of hydrogen-bond acceptors (Lipinski definition) is 3. The fourth-order valence-electron chi connectivity index (χ4n) is 3.60. The van der Waals surface area contributed by atoms with Crippen LogP contribution in [0.2, 0.25) is 0 Å². The lowest BCUT2D eigenvalue weighted by Crippen LogP contribution is -2.19. The molecule has 0 spiro atoms. The van der Waals surface area contributed by atoms with Crippen molar-refractivity contribution in [3.05, 3.63) is 40.8 Å². The van der Waals surface area contributed by atoms with Crippen LogP contribution in [0, 0.1) is 17.8 Å². The van der Waals surface area contributed by atoms with Gasteiger partial charge in [-0.2, -0.15) is 0 Å². The molecular formula is C15H16O3S. The second-order valence-electron chi connectivity index (χ2n) is 5.44. The topological polar surface area (TPSA) is 51.2 Å². The molecule has 1 aromatic rings. The molecule has 0 aliphatic heterocycles. The molecule has 1 fully saturated rings. The highest BCUT2D eigenvalue weighted by molar-refractivity contribution is 7.95. The van der Waals surface area contributed by atoms with Gasteiger partial charge in [0.1, 0.15) is 6.29 Å². The molecule has 2 bridgehead atoms. The largest absolute Gasteiger partial charge is 0.303 e. The van der Waals surface area contributed by atoms with Crippen LogP contribution in [-0.2, 0) is 14.6 Å². The fourth-order valence-corrected chi connectivity index (χ4v) is 5.57. The van der Waals surface area contributed by atoms with Crippen LogP contribution >= 0.6 is 0 Å². The Balaban J connectivity index is 2.07. The number of benzene rings is 1. The van der Waals surface area contributed by atoms with E-state index in [9.17, 15) is 13.2 Å².